The topological polar surface area (TPSA) is 192 Å². The first-order chi connectivity index (χ1) is 18.0. The Bertz CT molecular complexity index is 1100. The fourth-order valence-corrected chi connectivity index (χ4v) is 4.19. The van der Waals surface area contributed by atoms with Crippen LogP contribution in [0.3, 0.4) is 0 Å². The lowest BCUT2D eigenvalue weighted by molar-refractivity contribution is -0.142. The zero-order chi connectivity index (χ0) is 28.4. The van der Waals surface area contributed by atoms with Gasteiger partial charge in [-0.3, -0.25) is 14.4 Å². The minimum Gasteiger partial charge on any atom is -0.480 e. The lowest BCUT2D eigenvalue weighted by Crippen LogP contribution is -2.59. The highest BCUT2D eigenvalue weighted by atomic mass is 16.4. The van der Waals surface area contributed by atoms with Gasteiger partial charge in [-0.1, -0.05) is 52.3 Å². The van der Waals surface area contributed by atoms with Crippen LogP contribution in [0.15, 0.2) is 30.5 Å². The number of aromatic amines is 1. The molecule has 0 fully saturated rings. The number of carboxylic acid groups (broad SMARTS) is 1. The summed E-state index contributed by atoms with van der Waals surface area (Å²) in [5.41, 5.74) is 13.1. The minimum absolute atomic E-state index is 0.0660. The number of amides is 3. The molecule has 2 rings (SSSR count). The molecule has 210 valence electrons. The maximum absolute atomic E-state index is 13.2. The highest BCUT2D eigenvalue weighted by Crippen LogP contribution is 2.19. The molecule has 38 heavy (non-hydrogen) atoms. The van der Waals surface area contributed by atoms with Crippen molar-refractivity contribution in [3.8, 4) is 0 Å². The average Bonchev–Trinajstić information content (AvgIpc) is 3.27. The van der Waals surface area contributed by atoms with E-state index in [1.165, 1.54) is 0 Å². The molecule has 1 heterocycles. The summed E-state index contributed by atoms with van der Waals surface area (Å²) in [6.45, 7) is 7.55. The second-order valence-electron chi connectivity index (χ2n) is 10.3. The zero-order valence-corrected chi connectivity index (χ0v) is 22.6. The van der Waals surface area contributed by atoms with Crippen molar-refractivity contribution in [3.63, 3.8) is 0 Å². The largest absolute Gasteiger partial charge is 0.480 e. The third-order valence-electron chi connectivity index (χ3n) is 6.51. The van der Waals surface area contributed by atoms with Gasteiger partial charge in [0.1, 0.15) is 18.1 Å². The van der Waals surface area contributed by atoms with Crippen molar-refractivity contribution in [2.45, 2.75) is 77.5 Å². The number of nitrogens with two attached hydrogens (primary N) is 2. The van der Waals surface area contributed by atoms with Crippen molar-refractivity contribution >= 4 is 34.6 Å². The number of hydrogen-bond acceptors (Lipinski definition) is 6. The number of nitrogens with one attached hydrogen (secondary N) is 4. The zero-order valence-electron chi connectivity index (χ0n) is 22.6. The normalized spacial score (nSPS) is 14.6. The van der Waals surface area contributed by atoms with Gasteiger partial charge in [0.15, 0.2) is 0 Å². The Morgan fingerprint density at radius 2 is 1.47 bits per heavy atom. The predicted molar refractivity (Wildman–Crippen MR) is 146 cm³/mol. The summed E-state index contributed by atoms with van der Waals surface area (Å²) < 4.78 is 0. The highest BCUT2D eigenvalue weighted by molar-refractivity contribution is 5.94. The molecule has 2 aromatic rings. The molecule has 3 amide bonds. The van der Waals surface area contributed by atoms with E-state index < -0.39 is 47.9 Å². The second kappa shape index (κ2) is 14.5. The summed E-state index contributed by atoms with van der Waals surface area (Å²) in [6.07, 6.45) is 3.68. The molecule has 1 aromatic heterocycles. The van der Waals surface area contributed by atoms with Crippen molar-refractivity contribution in [2.75, 3.05) is 6.54 Å². The maximum atomic E-state index is 13.2. The number of unbranched alkanes of at least 4 members (excludes halogenated alkanes) is 1. The molecule has 0 aliphatic heterocycles. The average molecular weight is 531 g/mol. The fraction of sp³-hybridized carbons (Fsp3) is 0.556. The molecule has 9 N–H and O–H groups in total. The van der Waals surface area contributed by atoms with E-state index in [0.717, 1.165) is 22.9 Å². The van der Waals surface area contributed by atoms with Crippen LogP contribution in [0.5, 0.6) is 0 Å². The summed E-state index contributed by atoms with van der Waals surface area (Å²) in [6, 6.07) is 3.58. The van der Waals surface area contributed by atoms with Gasteiger partial charge in [-0.2, -0.15) is 0 Å². The molecule has 11 nitrogen and oxygen atoms in total. The van der Waals surface area contributed by atoms with Crippen LogP contribution in [0.2, 0.25) is 0 Å². The Morgan fingerprint density at radius 3 is 2.05 bits per heavy atom. The number of carboxylic acids is 1. The summed E-state index contributed by atoms with van der Waals surface area (Å²) in [7, 11) is 0. The summed E-state index contributed by atoms with van der Waals surface area (Å²) in [5.74, 6) is -3.42. The number of H-pyrrole nitrogens is 1. The number of carbonyl (C=O) groups is 4. The van der Waals surface area contributed by atoms with E-state index in [1.54, 1.807) is 33.9 Å². The standard InChI is InChI=1S/C27H42N6O5/c1-15(2)22(33-26(36)23(16(3)4)32-24(34)19(29)10-7-8-12-28)25(35)31-21(27(37)38)13-17-14-30-20-11-6-5-9-18(17)20/h5-6,9,11,14-16,19,21-23,30H,7-8,10,12-13,28-29H2,1-4H3,(H,31,35)(H,32,34)(H,33,36)(H,37,38). The Hall–Kier alpha value is -3.44. The van der Waals surface area contributed by atoms with E-state index in [1.807, 2.05) is 24.3 Å². The van der Waals surface area contributed by atoms with Crippen LogP contribution in [0.25, 0.3) is 10.9 Å². The first-order valence-electron chi connectivity index (χ1n) is 13.1. The number of hydrogen-bond donors (Lipinski definition) is 7. The number of benzene rings is 1. The van der Waals surface area contributed by atoms with Crippen LogP contribution < -0.4 is 27.4 Å². The van der Waals surface area contributed by atoms with Crippen LogP contribution in [-0.4, -0.2) is 64.5 Å². The van der Waals surface area contributed by atoms with Gasteiger partial charge in [0.25, 0.3) is 0 Å². The molecule has 0 radical (unpaired) electrons. The predicted octanol–water partition coefficient (Wildman–Crippen LogP) is 1.02. The smallest absolute Gasteiger partial charge is 0.326 e. The van der Waals surface area contributed by atoms with Crippen molar-refractivity contribution in [2.24, 2.45) is 23.3 Å². The highest BCUT2D eigenvalue weighted by Gasteiger charge is 2.33. The van der Waals surface area contributed by atoms with Crippen LogP contribution in [0.1, 0.15) is 52.5 Å². The van der Waals surface area contributed by atoms with Gasteiger partial charge in [0.2, 0.25) is 17.7 Å². The molecule has 1 aromatic carbocycles. The quantitative estimate of drug-likeness (QED) is 0.167. The molecule has 0 saturated carbocycles. The molecule has 4 unspecified atom stereocenters. The van der Waals surface area contributed by atoms with Gasteiger partial charge in [-0.25, -0.2) is 4.79 Å². The lowest BCUT2D eigenvalue weighted by atomic mass is 9.98. The molecule has 0 saturated heterocycles. The first-order valence-corrected chi connectivity index (χ1v) is 13.1. The maximum Gasteiger partial charge on any atom is 0.326 e. The first kappa shape index (κ1) is 30.8. The SMILES string of the molecule is CC(C)C(NC(=O)C(N)CCCCN)C(=O)NC(C(=O)NC(Cc1c[nH]c2ccccc12)C(=O)O)C(C)C. The number of aromatic nitrogens is 1. The van der Waals surface area contributed by atoms with Crippen LogP contribution >= 0.6 is 0 Å². The molecule has 4 atom stereocenters. The van der Waals surface area contributed by atoms with E-state index in [-0.39, 0.29) is 18.3 Å². The van der Waals surface area contributed by atoms with E-state index in [2.05, 4.69) is 20.9 Å². The van der Waals surface area contributed by atoms with Crippen molar-refractivity contribution < 1.29 is 24.3 Å². The number of rotatable bonds is 15. The van der Waals surface area contributed by atoms with Crippen LogP contribution in [-0.2, 0) is 25.6 Å². The molecule has 11 heteroatoms. The summed E-state index contributed by atoms with van der Waals surface area (Å²) >= 11 is 0. The van der Waals surface area contributed by atoms with Gasteiger partial charge in [0, 0.05) is 23.5 Å². The monoisotopic (exact) mass is 530 g/mol. The van der Waals surface area contributed by atoms with E-state index in [0.29, 0.717) is 19.4 Å². The van der Waals surface area contributed by atoms with Crippen molar-refractivity contribution in [1.82, 2.24) is 20.9 Å². The van der Waals surface area contributed by atoms with Crippen molar-refractivity contribution in [3.05, 3.63) is 36.0 Å². The minimum atomic E-state index is -1.20. The summed E-state index contributed by atoms with van der Waals surface area (Å²) in [5, 5.41) is 18.7. The number of fused-ring (bicyclic) bond motifs is 1. The van der Waals surface area contributed by atoms with E-state index in [4.69, 9.17) is 11.5 Å². The molecular weight excluding hydrogens is 488 g/mol. The Kier molecular flexibility index (Phi) is 11.7. The number of carbonyl (C=O) groups excluding carboxylic acids is 3. The third-order valence-corrected chi connectivity index (χ3v) is 6.51. The Morgan fingerprint density at radius 1 is 0.895 bits per heavy atom. The van der Waals surface area contributed by atoms with Gasteiger partial charge in [-0.15, -0.1) is 0 Å². The third kappa shape index (κ3) is 8.56. The molecule has 0 spiro atoms. The molecule has 0 bridgehead atoms. The van der Waals surface area contributed by atoms with E-state index in [9.17, 15) is 24.3 Å². The number of para-hydroxylation sites is 1. The van der Waals surface area contributed by atoms with E-state index >= 15 is 0 Å². The summed E-state index contributed by atoms with van der Waals surface area (Å²) in [4.78, 5) is 54.0. The Balaban J connectivity index is 2.10. The number of aliphatic carboxylic acids is 1. The Labute approximate surface area is 223 Å². The van der Waals surface area contributed by atoms with Crippen molar-refractivity contribution in [1.29, 1.82) is 0 Å². The van der Waals surface area contributed by atoms with Gasteiger partial charge >= 0.3 is 5.97 Å². The molecule has 0 aliphatic rings. The van der Waals surface area contributed by atoms with Gasteiger partial charge < -0.3 is 37.5 Å². The van der Waals surface area contributed by atoms with Gasteiger partial charge in [-0.05, 0) is 42.9 Å². The molecular formula is C27H42N6O5. The van der Waals surface area contributed by atoms with Crippen LogP contribution in [0, 0.1) is 11.8 Å². The lowest BCUT2D eigenvalue weighted by Gasteiger charge is -2.28. The molecule has 0 aliphatic carbocycles. The van der Waals surface area contributed by atoms with Crippen LogP contribution in [0.4, 0.5) is 0 Å². The fourth-order valence-electron chi connectivity index (χ4n) is 4.19. The second-order valence-corrected chi connectivity index (χ2v) is 10.3. The van der Waals surface area contributed by atoms with Gasteiger partial charge in [0.05, 0.1) is 6.04 Å².